The monoisotopic (exact) mass is 274 g/mol. The molecule has 1 saturated heterocycles. The first-order valence-corrected chi connectivity index (χ1v) is 7.39. The zero-order chi connectivity index (χ0) is 12.3. The van der Waals surface area contributed by atoms with E-state index in [-0.39, 0.29) is 5.82 Å². The van der Waals surface area contributed by atoms with Crippen molar-refractivity contribution in [1.29, 1.82) is 0 Å². The molecule has 0 bridgehead atoms. The number of hydrogen-bond acceptors (Lipinski definition) is 3. The number of rotatable bonds is 3. The lowest BCUT2D eigenvalue weighted by Gasteiger charge is -2.33. The maximum absolute atomic E-state index is 13.1. The Hall–Kier alpha value is -0.480. The number of nitrogens with zero attached hydrogens (tertiary/aromatic N) is 2. The second-order valence-corrected chi connectivity index (χ2v) is 5.79. The smallest absolute Gasteiger partial charge is 0.141 e. The third-order valence-electron chi connectivity index (χ3n) is 2.95. The first-order valence-electron chi connectivity index (χ1n) is 5.81. The fourth-order valence-electron chi connectivity index (χ4n) is 2.02. The first kappa shape index (κ1) is 13.0. The highest BCUT2D eigenvalue weighted by Crippen LogP contribution is 2.27. The number of pyridine rings is 1. The number of thioether (sulfide) groups is 1. The minimum absolute atomic E-state index is 0.306. The fraction of sp³-hybridized carbons (Fsp3) is 0.583. The van der Waals surface area contributed by atoms with E-state index in [4.69, 9.17) is 11.6 Å². The normalized spacial score (nSPS) is 20.6. The van der Waals surface area contributed by atoms with Crippen LogP contribution in [0.1, 0.15) is 18.9 Å². The molecule has 0 aromatic carbocycles. The summed E-state index contributed by atoms with van der Waals surface area (Å²) in [6.07, 6.45) is 2.42. The first-order chi connectivity index (χ1) is 8.24. The van der Waals surface area contributed by atoms with Crippen LogP contribution in [0.3, 0.4) is 0 Å². The minimum Gasteiger partial charge on any atom is -0.354 e. The molecule has 1 atom stereocenters. The molecule has 1 aliphatic heterocycles. The van der Waals surface area contributed by atoms with Crippen molar-refractivity contribution in [1.82, 2.24) is 4.98 Å². The average molecular weight is 275 g/mol. The van der Waals surface area contributed by atoms with Gasteiger partial charge in [0.25, 0.3) is 0 Å². The Morgan fingerprint density at radius 3 is 3.18 bits per heavy atom. The van der Waals surface area contributed by atoms with Crippen LogP contribution in [-0.2, 0) is 5.88 Å². The molecule has 0 radical (unpaired) electrons. The summed E-state index contributed by atoms with van der Waals surface area (Å²) >= 11 is 7.86. The summed E-state index contributed by atoms with van der Waals surface area (Å²) in [4.78, 5) is 6.42. The predicted molar refractivity (Wildman–Crippen MR) is 72.5 cm³/mol. The van der Waals surface area contributed by atoms with Gasteiger partial charge in [0.15, 0.2) is 0 Å². The van der Waals surface area contributed by atoms with Gasteiger partial charge in [-0.3, -0.25) is 0 Å². The molecule has 2 nitrogen and oxygen atoms in total. The second-order valence-electron chi connectivity index (χ2n) is 4.12. The highest BCUT2D eigenvalue weighted by Gasteiger charge is 2.21. The molecule has 1 aliphatic rings. The standard InChI is InChI=1S/C12H16ClFN2S/c1-2-11-8-16(3-4-17-11)12-9(6-13)5-10(14)7-15-12/h5,7,11H,2-4,6,8H2,1H3. The molecule has 17 heavy (non-hydrogen) atoms. The van der Waals surface area contributed by atoms with Gasteiger partial charge in [-0.1, -0.05) is 6.92 Å². The molecule has 0 N–H and O–H groups in total. The van der Waals surface area contributed by atoms with Crippen LogP contribution in [0, 0.1) is 5.82 Å². The van der Waals surface area contributed by atoms with E-state index in [1.807, 2.05) is 11.8 Å². The molecule has 5 heteroatoms. The maximum Gasteiger partial charge on any atom is 0.141 e. The van der Waals surface area contributed by atoms with Gasteiger partial charge in [-0.25, -0.2) is 9.37 Å². The van der Waals surface area contributed by atoms with Crippen LogP contribution in [0.15, 0.2) is 12.3 Å². The Morgan fingerprint density at radius 2 is 2.47 bits per heavy atom. The minimum atomic E-state index is -0.317. The molecule has 0 aliphatic carbocycles. The summed E-state index contributed by atoms with van der Waals surface area (Å²) in [5.41, 5.74) is 0.786. The van der Waals surface area contributed by atoms with Gasteiger partial charge in [0.05, 0.1) is 12.1 Å². The van der Waals surface area contributed by atoms with Crippen molar-refractivity contribution in [2.75, 3.05) is 23.7 Å². The van der Waals surface area contributed by atoms with Crippen LogP contribution in [0.4, 0.5) is 10.2 Å². The molecule has 2 rings (SSSR count). The SMILES string of the molecule is CCC1CN(c2ncc(F)cc2CCl)CCS1. The molecule has 1 aromatic rings. The van der Waals surface area contributed by atoms with Gasteiger partial charge in [0.1, 0.15) is 11.6 Å². The molecule has 1 aromatic heterocycles. The van der Waals surface area contributed by atoms with E-state index < -0.39 is 0 Å². The molecule has 94 valence electrons. The van der Waals surface area contributed by atoms with Crippen LogP contribution in [0.5, 0.6) is 0 Å². The molecule has 0 spiro atoms. The third kappa shape index (κ3) is 3.05. The number of alkyl halides is 1. The number of aromatic nitrogens is 1. The van der Waals surface area contributed by atoms with Crippen LogP contribution < -0.4 is 4.90 Å². The fourth-order valence-corrected chi connectivity index (χ4v) is 3.39. The lowest BCUT2D eigenvalue weighted by atomic mass is 10.2. The van der Waals surface area contributed by atoms with Crippen molar-refractivity contribution >= 4 is 29.2 Å². The van der Waals surface area contributed by atoms with Gasteiger partial charge in [-0.05, 0) is 12.5 Å². The molecule has 2 heterocycles. The summed E-state index contributed by atoms with van der Waals surface area (Å²) in [7, 11) is 0. The van der Waals surface area contributed by atoms with Crippen LogP contribution in [0.2, 0.25) is 0 Å². The zero-order valence-electron chi connectivity index (χ0n) is 9.83. The average Bonchev–Trinajstić information content (AvgIpc) is 2.38. The van der Waals surface area contributed by atoms with Gasteiger partial charge < -0.3 is 4.90 Å². The number of hydrogen-bond donors (Lipinski definition) is 0. The van der Waals surface area contributed by atoms with Crippen molar-refractivity contribution in [2.24, 2.45) is 0 Å². The van der Waals surface area contributed by atoms with Gasteiger partial charge in [0.2, 0.25) is 0 Å². The highest BCUT2D eigenvalue weighted by atomic mass is 35.5. The molecular weight excluding hydrogens is 259 g/mol. The van der Waals surface area contributed by atoms with Crippen molar-refractivity contribution in [3.63, 3.8) is 0 Å². The second kappa shape index (κ2) is 5.91. The van der Waals surface area contributed by atoms with E-state index in [0.29, 0.717) is 11.1 Å². The molecule has 0 amide bonds. The topological polar surface area (TPSA) is 16.1 Å². The van der Waals surface area contributed by atoms with Crippen LogP contribution in [0.25, 0.3) is 0 Å². The van der Waals surface area contributed by atoms with E-state index in [1.165, 1.54) is 12.3 Å². The third-order valence-corrected chi connectivity index (χ3v) is 4.61. The lowest BCUT2D eigenvalue weighted by molar-refractivity contribution is 0.617. The van der Waals surface area contributed by atoms with Gasteiger partial charge in [0, 0.05) is 29.7 Å². The summed E-state index contributed by atoms with van der Waals surface area (Å²) in [5.74, 6) is 1.93. The van der Waals surface area contributed by atoms with E-state index in [0.717, 1.165) is 36.6 Å². The van der Waals surface area contributed by atoms with E-state index in [1.54, 1.807) is 0 Å². The highest BCUT2D eigenvalue weighted by molar-refractivity contribution is 8.00. The van der Waals surface area contributed by atoms with Crippen molar-refractivity contribution in [2.45, 2.75) is 24.5 Å². The molecule has 0 saturated carbocycles. The number of anilines is 1. The summed E-state index contributed by atoms with van der Waals surface area (Å²) in [5, 5.41) is 0.638. The van der Waals surface area contributed by atoms with E-state index in [2.05, 4.69) is 16.8 Å². The van der Waals surface area contributed by atoms with Crippen molar-refractivity contribution in [3.05, 3.63) is 23.6 Å². The zero-order valence-corrected chi connectivity index (χ0v) is 11.4. The Bertz CT molecular complexity index is 389. The van der Waals surface area contributed by atoms with Gasteiger partial charge in [-0.15, -0.1) is 11.6 Å². The Morgan fingerprint density at radius 1 is 1.65 bits per heavy atom. The largest absolute Gasteiger partial charge is 0.354 e. The van der Waals surface area contributed by atoms with Crippen LogP contribution in [-0.4, -0.2) is 29.1 Å². The lowest BCUT2D eigenvalue weighted by Crippen LogP contribution is -2.38. The Kier molecular flexibility index (Phi) is 4.51. The molecule has 1 fully saturated rings. The maximum atomic E-state index is 13.1. The quantitative estimate of drug-likeness (QED) is 0.787. The number of halogens is 2. The van der Waals surface area contributed by atoms with E-state index >= 15 is 0 Å². The summed E-state index contributed by atoms with van der Waals surface area (Å²) in [6.45, 7) is 4.13. The summed E-state index contributed by atoms with van der Waals surface area (Å²) < 4.78 is 13.1. The van der Waals surface area contributed by atoms with Crippen LogP contribution >= 0.6 is 23.4 Å². The molecule has 1 unspecified atom stereocenters. The molecular formula is C12H16ClFN2S. The van der Waals surface area contributed by atoms with E-state index in [9.17, 15) is 4.39 Å². The Balaban J connectivity index is 2.20. The Labute approximate surface area is 111 Å². The van der Waals surface area contributed by atoms with Crippen molar-refractivity contribution in [3.8, 4) is 0 Å². The van der Waals surface area contributed by atoms with Crippen molar-refractivity contribution < 1.29 is 4.39 Å². The van der Waals surface area contributed by atoms with Gasteiger partial charge in [-0.2, -0.15) is 11.8 Å². The van der Waals surface area contributed by atoms with Gasteiger partial charge >= 0.3 is 0 Å². The predicted octanol–water partition coefficient (Wildman–Crippen LogP) is 3.29. The summed E-state index contributed by atoms with van der Waals surface area (Å²) in [6, 6.07) is 1.48.